The van der Waals surface area contributed by atoms with Crippen molar-refractivity contribution < 1.29 is 34.8 Å². The third-order valence-electron chi connectivity index (χ3n) is 1.74. The fourth-order valence-electron chi connectivity index (χ4n) is 0.828. The second-order valence-corrected chi connectivity index (χ2v) is 2.97. The van der Waals surface area contributed by atoms with Crippen LogP contribution < -0.4 is 0 Å². The molecule has 3 atom stereocenters. The molecule has 0 bridgehead atoms. The molecule has 0 spiro atoms. The molecule has 0 amide bonds. The summed E-state index contributed by atoms with van der Waals surface area (Å²) in [5.41, 5.74) is 0. The normalized spacial score (nSPS) is 29.2. The van der Waals surface area contributed by atoms with Crippen molar-refractivity contribution in [1.82, 2.24) is 0 Å². The zero-order valence-electron chi connectivity index (χ0n) is 8.16. The number of ketones is 1. The first-order valence-electron chi connectivity index (χ1n) is 4.22. The van der Waals surface area contributed by atoms with Crippen LogP contribution in [0.25, 0.3) is 0 Å². The number of carbonyl (C=O) groups excluding carboxylic acids is 1. The van der Waals surface area contributed by atoms with Crippen LogP contribution in [0.2, 0.25) is 0 Å². The molecule has 1 rings (SSSR count). The Morgan fingerprint density at radius 1 is 1.40 bits per heavy atom. The number of carboxylic acid groups (broad SMARTS) is 1. The molecule has 0 aliphatic carbocycles. The number of carbonyl (C=O) groups is 2. The highest BCUT2D eigenvalue weighted by molar-refractivity contribution is 6.31. The summed E-state index contributed by atoms with van der Waals surface area (Å²) in [5.74, 6) is -2.20. The molecule has 15 heavy (non-hydrogen) atoms. The van der Waals surface area contributed by atoms with Crippen LogP contribution in [0.1, 0.15) is 6.92 Å². The summed E-state index contributed by atoms with van der Waals surface area (Å²) in [6, 6.07) is 0. The molecule has 0 aromatic carbocycles. The van der Waals surface area contributed by atoms with Crippen molar-refractivity contribution in [3.05, 3.63) is 0 Å². The number of carboxylic acids is 1. The van der Waals surface area contributed by atoms with Gasteiger partial charge in [-0.05, 0) is 0 Å². The number of aliphatic hydroxyl groups is 3. The molecule has 1 fully saturated rings. The minimum atomic E-state index is -1.38. The summed E-state index contributed by atoms with van der Waals surface area (Å²) in [6.45, 7) is 0.882. The van der Waals surface area contributed by atoms with Gasteiger partial charge in [-0.3, -0.25) is 4.79 Å². The monoisotopic (exact) mass is 222 g/mol. The lowest BCUT2D eigenvalue weighted by Gasteiger charge is -2.10. The van der Waals surface area contributed by atoms with Crippen molar-refractivity contribution in [2.45, 2.75) is 25.2 Å². The van der Waals surface area contributed by atoms with Crippen molar-refractivity contribution >= 4 is 11.8 Å². The first kappa shape index (κ1) is 14.0. The number of hydrogen-bond acceptors (Lipinski definition) is 6. The highest BCUT2D eigenvalue weighted by atomic mass is 16.5. The Morgan fingerprint density at radius 3 is 2.00 bits per heavy atom. The molecule has 1 aliphatic heterocycles. The van der Waals surface area contributed by atoms with E-state index in [4.69, 9.17) is 25.2 Å². The summed E-state index contributed by atoms with van der Waals surface area (Å²) in [5, 5.41) is 33.8. The first-order valence-corrected chi connectivity index (χ1v) is 4.22. The highest BCUT2D eigenvalue weighted by Gasteiger charge is 2.33. The standard InChI is InChI=1S/C5H10O4.C3H4O3/c6-1-4-5(8)3(7)2-9-4;1-2(4)3(5)6/h3-8H,1-2H2;1H3,(H,5,6)/t3-,4+,5+;/m0./s1. The van der Waals surface area contributed by atoms with Gasteiger partial charge in [0, 0.05) is 6.92 Å². The lowest BCUT2D eigenvalue weighted by Crippen LogP contribution is -2.31. The number of rotatable bonds is 2. The Hall–Kier alpha value is -1.02. The van der Waals surface area contributed by atoms with Gasteiger partial charge >= 0.3 is 5.97 Å². The van der Waals surface area contributed by atoms with E-state index in [1.165, 1.54) is 0 Å². The summed E-state index contributed by atoms with van der Waals surface area (Å²) < 4.78 is 4.78. The molecular formula is C8H14O7. The van der Waals surface area contributed by atoms with Crippen LogP contribution >= 0.6 is 0 Å². The Kier molecular flexibility index (Phi) is 6.02. The maximum atomic E-state index is 9.54. The van der Waals surface area contributed by atoms with E-state index in [1.807, 2.05) is 0 Å². The van der Waals surface area contributed by atoms with Crippen LogP contribution in [0.5, 0.6) is 0 Å². The van der Waals surface area contributed by atoms with Crippen LogP contribution in [0.15, 0.2) is 0 Å². The lowest BCUT2D eigenvalue weighted by molar-refractivity contribution is -0.148. The van der Waals surface area contributed by atoms with Gasteiger partial charge < -0.3 is 25.2 Å². The fourth-order valence-corrected chi connectivity index (χ4v) is 0.828. The second kappa shape index (κ2) is 6.46. The quantitative estimate of drug-likeness (QED) is 0.389. The topological polar surface area (TPSA) is 124 Å². The van der Waals surface area contributed by atoms with Crippen molar-refractivity contribution in [3.63, 3.8) is 0 Å². The molecule has 1 saturated heterocycles. The van der Waals surface area contributed by atoms with Crippen LogP contribution in [-0.4, -0.2) is 63.7 Å². The van der Waals surface area contributed by atoms with E-state index >= 15 is 0 Å². The number of Topliss-reactive ketones (excluding diaryl/α,β-unsaturated/α-hetero) is 1. The average molecular weight is 222 g/mol. The Balaban J connectivity index is 0.000000288. The van der Waals surface area contributed by atoms with Crippen molar-refractivity contribution in [2.24, 2.45) is 0 Å². The predicted octanol–water partition coefficient (Wildman–Crippen LogP) is -2.24. The SMILES string of the molecule is CC(=O)C(=O)O.OC[C@H]1OC[C@H](O)[C@H]1O. The van der Waals surface area contributed by atoms with E-state index in [0.29, 0.717) is 0 Å². The molecule has 1 aliphatic rings. The van der Waals surface area contributed by atoms with Crippen LogP contribution in [0, 0.1) is 0 Å². The molecule has 0 radical (unpaired) electrons. The van der Waals surface area contributed by atoms with Gasteiger partial charge in [0.2, 0.25) is 5.78 Å². The van der Waals surface area contributed by atoms with Crippen LogP contribution in [0.3, 0.4) is 0 Å². The average Bonchev–Trinajstić information content (AvgIpc) is 2.48. The zero-order valence-corrected chi connectivity index (χ0v) is 8.16. The van der Waals surface area contributed by atoms with Crippen molar-refractivity contribution in [3.8, 4) is 0 Å². The largest absolute Gasteiger partial charge is 0.476 e. The second-order valence-electron chi connectivity index (χ2n) is 2.97. The molecule has 88 valence electrons. The Morgan fingerprint density at radius 2 is 1.87 bits per heavy atom. The third-order valence-corrected chi connectivity index (χ3v) is 1.74. The van der Waals surface area contributed by atoms with Gasteiger partial charge in [0.15, 0.2) is 0 Å². The van der Waals surface area contributed by atoms with E-state index in [-0.39, 0.29) is 13.2 Å². The van der Waals surface area contributed by atoms with Gasteiger partial charge in [-0.25, -0.2) is 4.79 Å². The molecule has 7 heteroatoms. The summed E-state index contributed by atoms with van der Waals surface area (Å²) in [4.78, 5) is 18.9. The van der Waals surface area contributed by atoms with Crippen LogP contribution in [-0.2, 0) is 14.3 Å². The van der Waals surface area contributed by atoms with E-state index in [2.05, 4.69) is 0 Å². The van der Waals surface area contributed by atoms with E-state index in [0.717, 1.165) is 6.92 Å². The fraction of sp³-hybridized carbons (Fsp3) is 0.750. The first-order chi connectivity index (χ1) is 6.90. The minimum Gasteiger partial charge on any atom is -0.476 e. The summed E-state index contributed by atoms with van der Waals surface area (Å²) in [7, 11) is 0. The third kappa shape index (κ3) is 4.84. The Bertz CT molecular complexity index is 215. The summed E-state index contributed by atoms with van der Waals surface area (Å²) >= 11 is 0. The van der Waals surface area contributed by atoms with Gasteiger partial charge in [-0.15, -0.1) is 0 Å². The maximum Gasteiger partial charge on any atom is 0.371 e. The minimum absolute atomic E-state index is 0.117. The number of hydrogen-bond donors (Lipinski definition) is 4. The van der Waals surface area contributed by atoms with E-state index in [9.17, 15) is 9.59 Å². The zero-order chi connectivity index (χ0) is 12.0. The van der Waals surface area contributed by atoms with Crippen LogP contribution in [0.4, 0.5) is 0 Å². The summed E-state index contributed by atoms with van der Waals surface area (Å²) in [6.07, 6.45) is -2.35. The molecule has 0 aromatic heterocycles. The molecule has 0 unspecified atom stereocenters. The highest BCUT2D eigenvalue weighted by Crippen LogP contribution is 2.12. The van der Waals surface area contributed by atoms with E-state index < -0.39 is 30.1 Å². The van der Waals surface area contributed by atoms with Gasteiger partial charge in [0.25, 0.3) is 0 Å². The number of ether oxygens (including phenoxy) is 1. The van der Waals surface area contributed by atoms with E-state index in [1.54, 1.807) is 0 Å². The molecule has 7 nitrogen and oxygen atoms in total. The smallest absolute Gasteiger partial charge is 0.371 e. The van der Waals surface area contributed by atoms with Crippen molar-refractivity contribution in [1.29, 1.82) is 0 Å². The molecule has 0 saturated carbocycles. The molecule has 0 aromatic rings. The maximum absolute atomic E-state index is 9.54. The molecule has 4 N–H and O–H groups in total. The van der Waals surface area contributed by atoms with Gasteiger partial charge in [-0.1, -0.05) is 0 Å². The van der Waals surface area contributed by atoms with Crippen molar-refractivity contribution in [2.75, 3.05) is 13.2 Å². The predicted molar refractivity (Wildman–Crippen MR) is 47.2 cm³/mol. The Labute approximate surface area is 85.9 Å². The van der Waals surface area contributed by atoms with Gasteiger partial charge in [-0.2, -0.15) is 0 Å². The number of aliphatic hydroxyl groups excluding tert-OH is 3. The molecule has 1 heterocycles. The molecular weight excluding hydrogens is 208 g/mol. The van der Waals surface area contributed by atoms with Gasteiger partial charge in [0.05, 0.1) is 13.2 Å². The number of aliphatic carboxylic acids is 1. The van der Waals surface area contributed by atoms with Gasteiger partial charge in [0.1, 0.15) is 18.3 Å². The lowest BCUT2D eigenvalue weighted by atomic mass is 10.2.